The normalized spacial score (nSPS) is 11.1. The molecule has 0 N–H and O–H groups in total. The van der Waals surface area contributed by atoms with E-state index in [-0.39, 0.29) is 0 Å². The number of aromatic nitrogens is 3. The van der Waals surface area contributed by atoms with Crippen LogP contribution in [0, 0.1) is 31.8 Å². The summed E-state index contributed by atoms with van der Waals surface area (Å²) in [6, 6.07) is 66.6. The predicted molar refractivity (Wildman–Crippen MR) is 249 cm³/mol. The van der Waals surface area contributed by atoms with Crippen molar-refractivity contribution in [2.45, 2.75) is 13.8 Å². The van der Waals surface area contributed by atoms with E-state index in [4.69, 9.17) is 16.5 Å². The minimum absolute atomic E-state index is 0.538. The van der Waals surface area contributed by atoms with Gasteiger partial charge in [-0.1, -0.05) is 139 Å². The third-order valence-corrected chi connectivity index (χ3v) is 11.4. The van der Waals surface area contributed by atoms with Crippen LogP contribution in [0.15, 0.2) is 188 Å². The van der Waals surface area contributed by atoms with Gasteiger partial charge in [0.2, 0.25) is 0 Å². The molecule has 5 nitrogen and oxygen atoms in total. The van der Waals surface area contributed by atoms with Gasteiger partial charge in [-0.2, -0.15) is 5.26 Å². The van der Waals surface area contributed by atoms with E-state index in [2.05, 4.69) is 139 Å². The molecule has 0 bridgehead atoms. The summed E-state index contributed by atoms with van der Waals surface area (Å²) in [5.41, 5.74) is 16.8. The average Bonchev–Trinajstić information content (AvgIpc) is 3.64. The first-order valence-electron chi connectivity index (χ1n) is 20.2. The first kappa shape index (κ1) is 36.9. The lowest BCUT2D eigenvalue weighted by Gasteiger charge is -2.21. The molecular formula is C56H37N5. The van der Waals surface area contributed by atoms with Crippen molar-refractivity contribution >= 4 is 27.5 Å². The van der Waals surface area contributed by atoms with Crippen LogP contribution in [0.3, 0.4) is 0 Å². The fraction of sp³-hybridized carbons (Fsp3) is 0.0357. The SMILES string of the molecule is [C-]#[N+]c1cccc(-c2cc(-c3nc(-c4ccccc4)cc(-c4ccccc4)n3)cc(-c3cccc(C#N)c3)c2-n2c3ccccc3c3cc(-c4ccc(C)cc4C)ccc32)c1. The van der Waals surface area contributed by atoms with Gasteiger partial charge < -0.3 is 4.57 Å². The maximum absolute atomic E-state index is 10.2. The molecule has 0 aliphatic heterocycles. The Balaban J connectivity index is 1.33. The van der Waals surface area contributed by atoms with Gasteiger partial charge >= 0.3 is 0 Å². The molecule has 0 aliphatic carbocycles. The lowest BCUT2D eigenvalue weighted by molar-refractivity contribution is 1.17. The van der Waals surface area contributed by atoms with Crippen LogP contribution in [0.1, 0.15) is 16.7 Å². The molecule has 0 spiro atoms. The molecule has 10 rings (SSSR count). The molecule has 10 aromatic rings. The van der Waals surface area contributed by atoms with Gasteiger partial charge in [-0.3, -0.25) is 0 Å². The Kier molecular flexibility index (Phi) is 9.33. The van der Waals surface area contributed by atoms with Crippen molar-refractivity contribution in [2.24, 2.45) is 0 Å². The Labute approximate surface area is 355 Å². The third-order valence-electron chi connectivity index (χ3n) is 11.4. The largest absolute Gasteiger partial charge is 0.308 e. The molecule has 0 aliphatic rings. The van der Waals surface area contributed by atoms with Crippen LogP contribution in [-0.2, 0) is 0 Å². The zero-order chi connectivity index (χ0) is 41.5. The van der Waals surface area contributed by atoms with Gasteiger partial charge in [-0.25, -0.2) is 14.8 Å². The van der Waals surface area contributed by atoms with Gasteiger partial charge in [-0.15, -0.1) is 0 Å². The summed E-state index contributed by atoms with van der Waals surface area (Å²) < 4.78 is 2.35. The fourth-order valence-corrected chi connectivity index (χ4v) is 8.55. The Morgan fingerprint density at radius 2 is 1.10 bits per heavy atom. The van der Waals surface area contributed by atoms with Crippen LogP contribution in [0.4, 0.5) is 5.69 Å². The van der Waals surface area contributed by atoms with Crippen LogP contribution in [-0.4, -0.2) is 14.5 Å². The number of nitriles is 1. The molecule has 0 saturated heterocycles. The summed E-state index contributed by atoms with van der Waals surface area (Å²) >= 11 is 0. The third kappa shape index (κ3) is 6.81. The van der Waals surface area contributed by atoms with E-state index >= 15 is 0 Å². The first-order valence-corrected chi connectivity index (χ1v) is 20.2. The van der Waals surface area contributed by atoms with Gasteiger partial charge in [0.05, 0.1) is 46.3 Å². The van der Waals surface area contributed by atoms with Crippen molar-refractivity contribution in [3.05, 3.63) is 216 Å². The van der Waals surface area contributed by atoms with E-state index in [1.54, 1.807) is 0 Å². The molecule has 0 radical (unpaired) electrons. The lowest BCUT2D eigenvalue weighted by atomic mass is 9.91. The van der Waals surface area contributed by atoms with Gasteiger partial charge in [0.15, 0.2) is 11.5 Å². The maximum Gasteiger partial charge on any atom is 0.187 e. The lowest BCUT2D eigenvalue weighted by Crippen LogP contribution is -2.03. The molecule has 286 valence electrons. The molecule has 0 amide bonds. The second-order valence-corrected chi connectivity index (χ2v) is 15.4. The second kappa shape index (κ2) is 15.4. The van der Waals surface area contributed by atoms with Gasteiger partial charge in [0, 0.05) is 38.6 Å². The summed E-state index contributed by atoms with van der Waals surface area (Å²) in [5.74, 6) is 0.562. The van der Waals surface area contributed by atoms with Crippen molar-refractivity contribution in [3.8, 4) is 79.0 Å². The predicted octanol–water partition coefficient (Wildman–Crippen LogP) is 14.6. The Morgan fingerprint density at radius 3 is 1.77 bits per heavy atom. The van der Waals surface area contributed by atoms with Crippen molar-refractivity contribution < 1.29 is 0 Å². The summed E-state index contributed by atoms with van der Waals surface area (Å²) in [6.07, 6.45) is 0. The average molecular weight is 780 g/mol. The van der Waals surface area contributed by atoms with Crippen molar-refractivity contribution in [1.82, 2.24) is 14.5 Å². The van der Waals surface area contributed by atoms with Gasteiger partial charge in [0.1, 0.15) is 0 Å². The van der Waals surface area contributed by atoms with Gasteiger partial charge in [0.25, 0.3) is 0 Å². The summed E-state index contributed by atoms with van der Waals surface area (Å²) in [4.78, 5) is 14.4. The molecule has 0 atom stereocenters. The van der Waals surface area contributed by atoms with E-state index < -0.39 is 0 Å². The highest BCUT2D eigenvalue weighted by Gasteiger charge is 2.24. The molecule has 2 aromatic heterocycles. The highest BCUT2D eigenvalue weighted by molar-refractivity contribution is 6.12. The number of hydrogen-bond donors (Lipinski definition) is 0. The molecule has 2 heterocycles. The number of aryl methyl sites for hydroxylation is 2. The van der Waals surface area contributed by atoms with Gasteiger partial charge in [-0.05, 0) is 96.3 Å². The molecule has 0 unspecified atom stereocenters. The minimum Gasteiger partial charge on any atom is -0.308 e. The fourth-order valence-electron chi connectivity index (χ4n) is 8.55. The number of hydrogen-bond acceptors (Lipinski definition) is 3. The van der Waals surface area contributed by atoms with E-state index in [9.17, 15) is 5.26 Å². The quantitative estimate of drug-likeness (QED) is 0.151. The molecule has 8 aromatic carbocycles. The summed E-state index contributed by atoms with van der Waals surface area (Å²) in [7, 11) is 0. The smallest absolute Gasteiger partial charge is 0.187 e. The van der Waals surface area contributed by atoms with E-state index in [0.29, 0.717) is 17.1 Å². The van der Waals surface area contributed by atoms with Crippen molar-refractivity contribution in [1.29, 1.82) is 5.26 Å². The van der Waals surface area contributed by atoms with E-state index in [1.807, 2.05) is 78.9 Å². The number of nitrogens with zero attached hydrogens (tertiary/aromatic N) is 5. The first-order chi connectivity index (χ1) is 29.9. The van der Waals surface area contributed by atoms with Crippen LogP contribution < -0.4 is 0 Å². The monoisotopic (exact) mass is 779 g/mol. The van der Waals surface area contributed by atoms with Crippen molar-refractivity contribution in [3.63, 3.8) is 0 Å². The highest BCUT2D eigenvalue weighted by Crippen LogP contribution is 2.45. The number of para-hydroxylation sites is 1. The number of fused-ring (bicyclic) bond motifs is 3. The summed E-state index contributed by atoms with van der Waals surface area (Å²) in [5, 5.41) is 12.4. The van der Waals surface area contributed by atoms with Crippen molar-refractivity contribution in [2.75, 3.05) is 0 Å². The maximum atomic E-state index is 10.2. The standard InChI is InChI=1S/C56H37N5/c1-36-24-26-46(37(2)28-36)43-25-27-54-50(31-43)47-22-10-11-23-53(47)61(54)55-48(41-19-12-14-38(29-41)35-57)32-44(33-49(55)42-20-13-21-45(30-42)58-3)56-59-51(39-15-6-4-7-16-39)34-52(60-56)40-17-8-5-9-18-40/h4-34H,1-2H3. The molecule has 61 heavy (non-hydrogen) atoms. The van der Waals surface area contributed by atoms with Crippen LogP contribution in [0.25, 0.3) is 99.6 Å². The Morgan fingerprint density at radius 1 is 0.492 bits per heavy atom. The highest BCUT2D eigenvalue weighted by atomic mass is 15.0. The molecule has 0 saturated carbocycles. The topological polar surface area (TPSA) is 58.9 Å². The Bertz CT molecular complexity index is 3270. The van der Waals surface area contributed by atoms with E-state index in [1.165, 1.54) is 16.7 Å². The summed E-state index contributed by atoms with van der Waals surface area (Å²) in [6.45, 7) is 12.3. The van der Waals surface area contributed by atoms with Crippen LogP contribution in [0.5, 0.6) is 0 Å². The molecular weight excluding hydrogens is 743 g/mol. The van der Waals surface area contributed by atoms with Crippen LogP contribution in [0.2, 0.25) is 0 Å². The van der Waals surface area contributed by atoms with E-state index in [0.717, 1.165) is 83.4 Å². The van der Waals surface area contributed by atoms with Crippen LogP contribution >= 0.6 is 0 Å². The second-order valence-electron chi connectivity index (χ2n) is 15.4. The molecule has 5 heteroatoms. The number of rotatable bonds is 7. The zero-order valence-corrected chi connectivity index (χ0v) is 33.6. The zero-order valence-electron chi connectivity index (χ0n) is 33.6. The number of benzene rings is 8. The minimum atomic E-state index is 0.538. The molecule has 0 fully saturated rings. The Hall–Kier alpha value is -8.38.